The van der Waals surface area contributed by atoms with Gasteiger partial charge in [0.2, 0.25) is 11.8 Å². The topological polar surface area (TPSA) is 58.6 Å². The maximum Gasteiger partial charge on any atom is 0.233 e. The Bertz CT molecular complexity index is 620. The van der Waals surface area contributed by atoms with Crippen molar-refractivity contribution in [3.8, 4) is 0 Å². The van der Waals surface area contributed by atoms with Crippen LogP contribution < -0.4 is 5.32 Å². The third-order valence-electron chi connectivity index (χ3n) is 4.59. The summed E-state index contributed by atoms with van der Waals surface area (Å²) in [5.74, 6) is -0.383. The van der Waals surface area contributed by atoms with Gasteiger partial charge in [0.1, 0.15) is 6.42 Å². The summed E-state index contributed by atoms with van der Waals surface area (Å²) in [6.45, 7) is 11.3. The first-order valence-electron chi connectivity index (χ1n) is 9.02. The lowest BCUT2D eigenvalue weighted by Crippen LogP contribution is -2.49. The zero-order chi connectivity index (χ0) is 18.6. The lowest BCUT2D eigenvalue weighted by molar-refractivity contribution is -0.141. The van der Waals surface area contributed by atoms with E-state index in [0.717, 1.165) is 29.7 Å². The van der Waals surface area contributed by atoms with Crippen molar-refractivity contribution in [2.24, 2.45) is 0 Å². The minimum Gasteiger partial charge on any atom is -0.375 e. The van der Waals surface area contributed by atoms with Crippen LogP contribution in [0.4, 0.5) is 5.69 Å². The molecule has 0 bridgehead atoms. The number of nitrogens with one attached hydrogen (secondary N) is 1. The summed E-state index contributed by atoms with van der Waals surface area (Å²) in [6.07, 6.45) is 1.49. The second-order valence-corrected chi connectivity index (χ2v) is 7.54. The van der Waals surface area contributed by atoms with Gasteiger partial charge < -0.3 is 15.0 Å². The molecule has 5 nitrogen and oxygen atoms in total. The van der Waals surface area contributed by atoms with Crippen LogP contribution in [-0.4, -0.2) is 41.5 Å². The number of carbonyl (C=O) groups excluding carboxylic acids is 2. The summed E-state index contributed by atoms with van der Waals surface area (Å²) in [5.41, 5.74) is 2.69. The minimum atomic E-state index is -0.264. The van der Waals surface area contributed by atoms with Crippen molar-refractivity contribution in [2.45, 2.75) is 65.5 Å². The second-order valence-electron chi connectivity index (χ2n) is 7.54. The Kier molecular flexibility index (Phi) is 6.22. The molecule has 1 aliphatic heterocycles. The second kappa shape index (κ2) is 8.00. The van der Waals surface area contributed by atoms with Crippen LogP contribution in [0.15, 0.2) is 18.2 Å². The van der Waals surface area contributed by atoms with E-state index in [2.05, 4.69) is 5.32 Å². The van der Waals surface area contributed by atoms with E-state index in [0.29, 0.717) is 13.2 Å². The molecular formula is C20H30N2O3. The van der Waals surface area contributed by atoms with E-state index < -0.39 is 0 Å². The van der Waals surface area contributed by atoms with Gasteiger partial charge in [0, 0.05) is 24.9 Å². The van der Waals surface area contributed by atoms with E-state index >= 15 is 0 Å². The minimum absolute atomic E-state index is 0.118. The van der Waals surface area contributed by atoms with Gasteiger partial charge in [0.25, 0.3) is 0 Å². The Labute approximate surface area is 150 Å². The molecule has 1 fully saturated rings. The standard InChI is InChI=1S/C20H30N2O3/c1-6-22(17-7-8-25-20(4,5)13-17)19(24)12-18(23)21-16-10-14(2)9-15(3)11-16/h9-11,17H,6-8,12-13H2,1-5H3,(H,21,23). The van der Waals surface area contributed by atoms with Crippen LogP contribution in [-0.2, 0) is 14.3 Å². The number of ether oxygens (including phenoxy) is 1. The van der Waals surface area contributed by atoms with Gasteiger partial charge in [0.15, 0.2) is 0 Å². The number of anilines is 1. The number of nitrogens with zero attached hydrogens (tertiary/aromatic N) is 1. The predicted molar refractivity (Wildman–Crippen MR) is 99.6 cm³/mol. The molecule has 1 unspecified atom stereocenters. The quantitative estimate of drug-likeness (QED) is 0.831. The van der Waals surface area contributed by atoms with Gasteiger partial charge in [-0.25, -0.2) is 0 Å². The first-order chi connectivity index (χ1) is 11.7. The number of aryl methyl sites for hydroxylation is 2. The summed E-state index contributed by atoms with van der Waals surface area (Å²) in [5, 5.41) is 2.84. The summed E-state index contributed by atoms with van der Waals surface area (Å²) in [7, 11) is 0. The maximum atomic E-state index is 12.6. The van der Waals surface area contributed by atoms with Crippen LogP contribution in [0, 0.1) is 13.8 Å². The average molecular weight is 346 g/mol. The molecule has 0 aliphatic carbocycles. The van der Waals surface area contributed by atoms with Crippen molar-refractivity contribution in [3.63, 3.8) is 0 Å². The number of hydrogen-bond donors (Lipinski definition) is 1. The zero-order valence-corrected chi connectivity index (χ0v) is 16.0. The number of carbonyl (C=O) groups is 2. The SMILES string of the molecule is CCN(C(=O)CC(=O)Nc1cc(C)cc(C)c1)C1CCOC(C)(C)C1. The van der Waals surface area contributed by atoms with Crippen LogP contribution in [0.2, 0.25) is 0 Å². The molecule has 1 heterocycles. The number of amides is 2. The number of rotatable bonds is 5. The molecule has 25 heavy (non-hydrogen) atoms. The molecule has 1 aliphatic rings. The Balaban J connectivity index is 1.97. The molecule has 5 heteroatoms. The molecule has 1 aromatic carbocycles. The van der Waals surface area contributed by atoms with E-state index in [1.54, 1.807) is 0 Å². The Morgan fingerprint density at radius 1 is 1.24 bits per heavy atom. The predicted octanol–water partition coefficient (Wildman–Crippen LogP) is 3.44. The van der Waals surface area contributed by atoms with E-state index in [4.69, 9.17) is 4.74 Å². The molecule has 1 aromatic rings. The number of hydrogen-bond acceptors (Lipinski definition) is 3. The average Bonchev–Trinajstić information content (AvgIpc) is 2.45. The summed E-state index contributed by atoms with van der Waals surface area (Å²) < 4.78 is 5.74. The molecule has 1 atom stereocenters. The molecule has 0 spiro atoms. The van der Waals surface area contributed by atoms with Crippen molar-refractivity contribution < 1.29 is 14.3 Å². The van der Waals surface area contributed by atoms with E-state index in [1.165, 1.54) is 0 Å². The van der Waals surface area contributed by atoms with E-state index in [9.17, 15) is 9.59 Å². The van der Waals surface area contributed by atoms with Crippen LogP contribution in [0.5, 0.6) is 0 Å². The van der Waals surface area contributed by atoms with Crippen molar-refractivity contribution in [1.82, 2.24) is 4.90 Å². The lowest BCUT2D eigenvalue weighted by Gasteiger charge is -2.41. The third-order valence-corrected chi connectivity index (χ3v) is 4.59. The highest BCUT2D eigenvalue weighted by molar-refractivity contribution is 6.03. The van der Waals surface area contributed by atoms with Gasteiger partial charge in [-0.3, -0.25) is 9.59 Å². The normalized spacial score (nSPS) is 19.3. The van der Waals surface area contributed by atoms with Crippen molar-refractivity contribution in [1.29, 1.82) is 0 Å². The monoisotopic (exact) mass is 346 g/mol. The Morgan fingerprint density at radius 3 is 2.44 bits per heavy atom. The highest BCUT2D eigenvalue weighted by Crippen LogP contribution is 2.27. The molecule has 0 saturated carbocycles. The number of benzene rings is 1. The fourth-order valence-electron chi connectivity index (χ4n) is 3.59. The van der Waals surface area contributed by atoms with Gasteiger partial charge >= 0.3 is 0 Å². The first-order valence-corrected chi connectivity index (χ1v) is 9.02. The zero-order valence-electron chi connectivity index (χ0n) is 16.0. The highest BCUT2D eigenvalue weighted by Gasteiger charge is 2.34. The smallest absolute Gasteiger partial charge is 0.233 e. The molecule has 1 N–H and O–H groups in total. The summed E-state index contributed by atoms with van der Waals surface area (Å²) >= 11 is 0. The highest BCUT2D eigenvalue weighted by atomic mass is 16.5. The third kappa shape index (κ3) is 5.56. The van der Waals surface area contributed by atoms with Gasteiger partial charge in [-0.15, -0.1) is 0 Å². The van der Waals surface area contributed by atoms with Crippen LogP contribution in [0.3, 0.4) is 0 Å². The molecule has 0 radical (unpaired) electrons. The molecule has 1 saturated heterocycles. The lowest BCUT2D eigenvalue weighted by atomic mass is 9.92. The molecule has 0 aromatic heterocycles. The Morgan fingerprint density at radius 2 is 1.88 bits per heavy atom. The molecule has 2 rings (SSSR count). The molecular weight excluding hydrogens is 316 g/mol. The maximum absolute atomic E-state index is 12.6. The Hall–Kier alpha value is -1.88. The van der Waals surface area contributed by atoms with E-state index in [1.807, 2.05) is 57.7 Å². The van der Waals surface area contributed by atoms with Crippen LogP contribution in [0.1, 0.15) is 51.2 Å². The van der Waals surface area contributed by atoms with Gasteiger partial charge in [0.05, 0.1) is 5.60 Å². The van der Waals surface area contributed by atoms with Crippen molar-refractivity contribution in [2.75, 3.05) is 18.5 Å². The fraction of sp³-hybridized carbons (Fsp3) is 0.600. The largest absolute Gasteiger partial charge is 0.375 e. The molecule has 2 amide bonds. The summed E-state index contributed by atoms with van der Waals surface area (Å²) in [4.78, 5) is 26.8. The first kappa shape index (κ1) is 19.4. The molecule has 138 valence electrons. The van der Waals surface area contributed by atoms with Gasteiger partial charge in [-0.2, -0.15) is 0 Å². The van der Waals surface area contributed by atoms with E-state index in [-0.39, 0.29) is 29.9 Å². The van der Waals surface area contributed by atoms with Gasteiger partial charge in [-0.1, -0.05) is 6.07 Å². The van der Waals surface area contributed by atoms with Crippen molar-refractivity contribution in [3.05, 3.63) is 29.3 Å². The fourth-order valence-corrected chi connectivity index (χ4v) is 3.59. The van der Waals surface area contributed by atoms with Crippen molar-refractivity contribution >= 4 is 17.5 Å². The van der Waals surface area contributed by atoms with Crippen LogP contribution in [0.25, 0.3) is 0 Å². The summed E-state index contributed by atoms with van der Waals surface area (Å²) in [6, 6.07) is 6.00. The van der Waals surface area contributed by atoms with Crippen LogP contribution >= 0.6 is 0 Å². The van der Waals surface area contributed by atoms with Gasteiger partial charge in [-0.05, 0) is 70.7 Å².